The number of imidazole rings is 2. The largest absolute Gasteiger partial charge is 0.326 e. The van der Waals surface area contributed by atoms with Crippen molar-refractivity contribution in [2.75, 3.05) is 5.32 Å². The molecule has 0 spiro atoms. The smallest absolute Gasteiger partial charge is 0.257 e. The molecule has 1 saturated carbocycles. The van der Waals surface area contributed by atoms with Gasteiger partial charge in [0.25, 0.3) is 5.91 Å². The van der Waals surface area contributed by atoms with Gasteiger partial charge in [0.05, 0.1) is 29.6 Å². The molecule has 0 atom stereocenters. The zero-order chi connectivity index (χ0) is 24.5. The van der Waals surface area contributed by atoms with Crippen LogP contribution in [0.4, 0.5) is 19.0 Å². The summed E-state index contributed by atoms with van der Waals surface area (Å²) in [6.07, 6.45) is 8.13. The number of aromatic amines is 1. The van der Waals surface area contributed by atoms with Crippen LogP contribution in [0.25, 0.3) is 17.3 Å². The van der Waals surface area contributed by atoms with E-state index in [9.17, 15) is 18.0 Å². The molecule has 11 heteroatoms. The summed E-state index contributed by atoms with van der Waals surface area (Å²) >= 11 is 0. The van der Waals surface area contributed by atoms with Crippen molar-refractivity contribution in [3.8, 4) is 11.3 Å². The molecule has 8 nitrogen and oxygen atoms in total. The Balaban J connectivity index is 1.34. The number of hydrogen-bond donors (Lipinski definition) is 3. The van der Waals surface area contributed by atoms with Gasteiger partial charge in [-0.3, -0.25) is 10.2 Å². The predicted octanol–water partition coefficient (Wildman–Crippen LogP) is 4.75. The van der Waals surface area contributed by atoms with Crippen LogP contribution in [-0.4, -0.2) is 36.1 Å². The maximum absolute atomic E-state index is 13.4. The summed E-state index contributed by atoms with van der Waals surface area (Å²) in [6, 6.07) is 7.85. The van der Waals surface area contributed by atoms with Crippen LogP contribution >= 0.6 is 0 Å². The zero-order valence-corrected chi connectivity index (χ0v) is 18.1. The monoisotopic (exact) mass is 477 g/mol. The predicted molar refractivity (Wildman–Crippen MR) is 122 cm³/mol. The van der Waals surface area contributed by atoms with Crippen LogP contribution in [0.5, 0.6) is 0 Å². The van der Waals surface area contributed by atoms with Crippen LogP contribution in [0, 0.1) is 23.1 Å². The number of rotatable bonds is 7. The third-order valence-corrected chi connectivity index (χ3v) is 5.38. The highest BCUT2D eigenvalue weighted by atomic mass is 19.1. The molecular weight excluding hydrogens is 459 g/mol. The van der Waals surface area contributed by atoms with Crippen molar-refractivity contribution in [3.05, 3.63) is 89.8 Å². The van der Waals surface area contributed by atoms with Gasteiger partial charge in [-0.25, -0.2) is 14.4 Å². The number of nitrogens with zero attached hydrogens (tertiary/aromatic N) is 4. The number of H-pyrrole nitrogens is 1. The summed E-state index contributed by atoms with van der Waals surface area (Å²) in [7, 11) is 0. The minimum atomic E-state index is -1.10. The second-order valence-electron chi connectivity index (χ2n) is 7.97. The van der Waals surface area contributed by atoms with Gasteiger partial charge < -0.3 is 14.9 Å². The van der Waals surface area contributed by atoms with Crippen LogP contribution < -0.4 is 5.32 Å². The molecule has 0 radical (unpaired) electrons. The van der Waals surface area contributed by atoms with Crippen LogP contribution in [0.15, 0.2) is 55.0 Å². The van der Waals surface area contributed by atoms with Crippen molar-refractivity contribution in [1.82, 2.24) is 24.5 Å². The molecule has 35 heavy (non-hydrogen) atoms. The van der Waals surface area contributed by atoms with Crippen molar-refractivity contribution in [2.24, 2.45) is 0 Å². The molecule has 0 aliphatic heterocycles. The van der Waals surface area contributed by atoms with Gasteiger partial charge in [0, 0.05) is 29.3 Å². The van der Waals surface area contributed by atoms with E-state index < -0.39 is 17.8 Å². The standard InChI is InChI=1S/C24H18F3N7O/c25-15-3-1-13(2-4-15)22-23(34(12-30-22)16-5-6-16)17(28)7-8-20-29-11-21(32-20)33-24(35)14-9-18(26)31-19(27)10-14/h1-4,7-12,16,28H,5-6H2,(H,29,32)(H,33,35)/b8-7-,28-17?. The Morgan fingerprint density at radius 3 is 2.51 bits per heavy atom. The fraction of sp³-hybridized carbons (Fsp3) is 0.125. The second-order valence-corrected chi connectivity index (χ2v) is 7.97. The number of pyridine rings is 1. The van der Waals surface area contributed by atoms with Crippen molar-refractivity contribution in [3.63, 3.8) is 0 Å². The van der Waals surface area contributed by atoms with Gasteiger partial charge >= 0.3 is 0 Å². The first-order valence-corrected chi connectivity index (χ1v) is 10.7. The number of anilines is 1. The fourth-order valence-electron chi connectivity index (χ4n) is 3.59. The number of nitrogens with one attached hydrogen (secondary N) is 3. The van der Waals surface area contributed by atoms with Crippen LogP contribution in [0.3, 0.4) is 0 Å². The minimum absolute atomic E-state index is 0.179. The highest BCUT2D eigenvalue weighted by Crippen LogP contribution is 2.38. The Morgan fingerprint density at radius 2 is 1.83 bits per heavy atom. The first-order valence-electron chi connectivity index (χ1n) is 10.7. The average Bonchev–Trinajstić information content (AvgIpc) is 3.41. The van der Waals surface area contributed by atoms with E-state index in [0.717, 1.165) is 25.0 Å². The number of carbonyl (C=O) groups excluding carboxylic acids is 1. The molecule has 1 aliphatic carbocycles. The van der Waals surface area contributed by atoms with Crippen molar-refractivity contribution in [2.45, 2.75) is 18.9 Å². The van der Waals surface area contributed by atoms with Crippen molar-refractivity contribution >= 4 is 23.5 Å². The number of benzene rings is 1. The average molecular weight is 477 g/mol. The second kappa shape index (κ2) is 9.01. The molecule has 1 amide bonds. The van der Waals surface area contributed by atoms with Gasteiger partial charge in [0.2, 0.25) is 11.9 Å². The van der Waals surface area contributed by atoms with E-state index in [4.69, 9.17) is 5.41 Å². The summed E-state index contributed by atoms with van der Waals surface area (Å²) in [5.41, 5.74) is 1.84. The maximum atomic E-state index is 13.4. The fourth-order valence-corrected chi connectivity index (χ4v) is 3.59. The third kappa shape index (κ3) is 4.88. The topological polar surface area (TPSA) is 112 Å². The highest BCUT2D eigenvalue weighted by Gasteiger charge is 2.28. The molecular formula is C24H18F3N7O. The highest BCUT2D eigenvalue weighted by molar-refractivity contribution is 6.11. The molecule has 3 heterocycles. The normalized spacial score (nSPS) is 13.3. The molecule has 176 valence electrons. The van der Waals surface area contributed by atoms with E-state index in [0.29, 0.717) is 22.8 Å². The molecule has 1 aromatic carbocycles. The van der Waals surface area contributed by atoms with Crippen LogP contribution in [0.1, 0.15) is 40.8 Å². The zero-order valence-electron chi connectivity index (χ0n) is 18.1. The Hall–Kier alpha value is -4.54. The molecule has 1 aliphatic rings. The summed E-state index contributed by atoms with van der Waals surface area (Å²) < 4.78 is 41.8. The van der Waals surface area contributed by atoms with E-state index in [-0.39, 0.29) is 29.0 Å². The van der Waals surface area contributed by atoms with Gasteiger partial charge in [-0.1, -0.05) is 0 Å². The van der Waals surface area contributed by atoms with Gasteiger partial charge in [-0.15, -0.1) is 0 Å². The van der Waals surface area contributed by atoms with Gasteiger partial charge in [0.15, 0.2) is 0 Å². The van der Waals surface area contributed by atoms with Gasteiger partial charge in [0.1, 0.15) is 17.5 Å². The Kier molecular flexibility index (Phi) is 5.73. The number of allylic oxidation sites excluding steroid dienone is 1. The Morgan fingerprint density at radius 1 is 1.11 bits per heavy atom. The third-order valence-electron chi connectivity index (χ3n) is 5.38. The summed E-state index contributed by atoms with van der Waals surface area (Å²) in [5.74, 6) is -2.76. The number of amides is 1. The van der Waals surface area contributed by atoms with Crippen LogP contribution in [-0.2, 0) is 0 Å². The molecule has 0 unspecified atom stereocenters. The first-order chi connectivity index (χ1) is 16.9. The molecule has 3 N–H and O–H groups in total. The van der Waals surface area contributed by atoms with Crippen LogP contribution in [0.2, 0.25) is 0 Å². The Labute approximate surface area is 197 Å². The summed E-state index contributed by atoms with van der Waals surface area (Å²) in [5, 5.41) is 11.1. The number of carbonyl (C=O) groups is 1. The lowest BCUT2D eigenvalue weighted by molar-refractivity contribution is 0.102. The first kappa shape index (κ1) is 22.3. The van der Waals surface area contributed by atoms with E-state index in [1.807, 2.05) is 4.57 Å². The summed E-state index contributed by atoms with van der Waals surface area (Å²) in [6.45, 7) is 0. The maximum Gasteiger partial charge on any atom is 0.257 e. The van der Waals surface area contributed by atoms with Gasteiger partial charge in [-0.05, 0) is 49.3 Å². The van der Waals surface area contributed by atoms with Gasteiger partial charge in [-0.2, -0.15) is 13.8 Å². The lowest BCUT2D eigenvalue weighted by Crippen LogP contribution is -2.13. The molecule has 4 aromatic rings. The number of halogens is 3. The Bertz CT molecular complexity index is 1430. The van der Waals surface area contributed by atoms with Crippen molar-refractivity contribution < 1.29 is 18.0 Å². The lowest BCUT2D eigenvalue weighted by atomic mass is 10.1. The van der Waals surface area contributed by atoms with Crippen molar-refractivity contribution in [1.29, 1.82) is 5.41 Å². The molecule has 0 saturated heterocycles. The molecule has 0 bridgehead atoms. The number of aromatic nitrogens is 5. The van der Waals surface area contributed by atoms with E-state index in [1.165, 1.54) is 18.3 Å². The molecule has 3 aromatic heterocycles. The number of hydrogen-bond acceptors (Lipinski definition) is 5. The lowest BCUT2D eigenvalue weighted by Gasteiger charge is -2.08. The summed E-state index contributed by atoms with van der Waals surface area (Å²) in [4.78, 5) is 26.7. The molecule has 1 fully saturated rings. The van der Waals surface area contributed by atoms with E-state index in [1.54, 1.807) is 30.6 Å². The van der Waals surface area contributed by atoms with E-state index >= 15 is 0 Å². The minimum Gasteiger partial charge on any atom is -0.326 e. The van der Waals surface area contributed by atoms with E-state index in [2.05, 4.69) is 25.3 Å². The quantitative estimate of drug-likeness (QED) is 0.263. The molecule has 5 rings (SSSR count). The SMILES string of the molecule is N=C(/C=C\c1ncc(NC(=O)c2cc(F)nc(F)c2)[nH]1)c1c(-c2ccc(F)cc2)ncn1C1CC1.